The summed E-state index contributed by atoms with van der Waals surface area (Å²) in [7, 11) is -5.90. The maximum atomic E-state index is 12.9. The monoisotopic (exact) mass is 600 g/mol. The average molecular weight is 601 g/mol. The summed E-state index contributed by atoms with van der Waals surface area (Å²) in [6.07, 6.45) is 6.95. The van der Waals surface area contributed by atoms with E-state index in [9.17, 15) is 26.9 Å². The maximum Gasteiger partial charge on any atom is 0.534 e. The molecular formula is C27H23F3N6O3S2. The van der Waals surface area contributed by atoms with Crippen molar-refractivity contribution in [3.8, 4) is 22.9 Å². The Morgan fingerprint density at radius 2 is 1.85 bits per heavy atom. The quantitative estimate of drug-likeness (QED) is 0.170. The Morgan fingerprint density at radius 3 is 2.46 bits per heavy atom. The van der Waals surface area contributed by atoms with Gasteiger partial charge in [-0.2, -0.15) is 31.9 Å². The van der Waals surface area contributed by atoms with Gasteiger partial charge in [0, 0.05) is 53.9 Å². The lowest BCUT2D eigenvalue weighted by atomic mass is 9.86. The van der Waals surface area contributed by atoms with E-state index in [2.05, 4.69) is 54.6 Å². The Bertz CT molecular complexity index is 1740. The minimum Gasteiger partial charge on any atom is -0.374 e. The van der Waals surface area contributed by atoms with Crippen molar-refractivity contribution in [3.63, 3.8) is 0 Å². The van der Waals surface area contributed by atoms with Crippen LogP contribution in [0.3, 0.4) is 0 Å². The third kappa shape index (κ3) is 5.09. The second kappa shape index (κ2) is 10.2. The molecule has 212 valence electrons. The Balaban J connectivity index is 1.22. The number of fused-ring (bicyclic) bond motifs is 3. The zero-order valence-electron chi connectivity index (χ0n) is 21.6. The third-order valence-corrected chi connectivity index (χ3v) is 9.17. The standard InChI is InChI=1S/C27H23F3N6O3S2/c1-40-23-5-2-17(3-6-23)13-35-20-8-21(35)15-34(14-20)25-7-4-18(11-32-25)24-9-22(39-41(37,38)27(28,29)30)16-36-26(24)19(10-31)12-33-36/h2-7,9,11-12,16,20-21H,8,13-15H2,1H3. The van der Waals surface area contributed by atoms with Gasteiger partial charge < -0.3 is 9.08 Å². The Kier molecular flexibility index (Phi) is 6.83. The van der Waals surface area contributed by atoms with Gasteiger partial charge in [0.1, 0.15) is 11.9 Å². The summed E-state index contributed by atoms with van der Waals surface area (Å²) >= 11 is 1.72. The number of nitrogens with zero attached hydrogens (tertiary/aromatic N) is 6. The molecule has 3 saturated heterocycles. The molecule has 0 N–H and O–H groups in total. The molecule has 0 amide bonds. The number of hydrogen-bond donors (Lipinski definition) is 0. The number of hydrogen-bond acceptors (Lipinski definition) is 9. The van der Waals surface area contributed by atoms with Crippen molar-refractivity contribution in [3.05, 3.63) is 72.2 Å². The summed E-state index contributed by atoms with van der Waals surface area (Å²) < 4.78 is 67.5. The molecule has 0 radical (unpaired) electrons. The lowest BCUT2D eigenvalue weighted by Crippen LogP contribution is -2.68. The highest BCUT2D eigenvalue weighted by molar-refractivity contribution is 7.98. The van der Waals surface area contributed by atoms with Gasteiger partial charge >= 0.3 is 15.6 Å². The van der Waals surface area contributed by atoms with Crippen LogP contribution in [-0.4, -0.2) is 64.9 Å². The van der Waals surface area contributed by atoms with Crippen molar-refractivity contribution in [2.45, 2.75) is 35.5 Å². The van der Waals surface area contributed by atoms with Gasteiger partial charge in [0.2, 0.25) is 0 Å². The molecule has 14 heteroatoms. The van der Waals surface area contributed by atoms with Crippen molar-refractivity contribution in [2.24, 2.45) is 0 Å². The molecule has 7 rings (SSSR count). The largest absolute Gasteiger partial charge is 0.534 e. The van der Waals surface area contributed by atoms with E-state index >= 15 is 0 Å². The maximum absolute atomic E-state index is 12.9. The number of halogens is 3. The Hall–Kier alpha value is -3.80. The van der Waals surface area contributed by atoms with Crippen LogP contribution in [0.5, 0.6) is 5.75 Å². The smallest absolute Gasteiger partial charge is 0.374 e. The number of piperazine rings is 1. The molecule has 6 heterocycles. The molecule has 2 atom stereocenters. The molecular weight excluding hydrogens is 577 g/mol. The van der Waals surface area contributed by atoms with Crippen LogP contribution in [-0.2, 0) is 16.7 Å². The SMILES string of the molecule is CSc1ccc(CN2C3CC2CN(c2ccc(-c4cc(OS(=O)(=O)C(F)(F)F)cn5ncc(C#N)c45)cn2)C3)cc1. The normalized spacial score (nSPS) is 19.1. The average Bonchev–Trinajstić information content (AvgIpc) is 3.38. The van der Waals surface area contributed by atoms with E-state index in [1.54, 1.807) is 24.0 Å². The third-order valence-electron chi connectivity index (χ3n) is 7.45. The Labute approximate surface area is 238 Å². The van der Waals surface area contributed by atoms with Crippen LogP contribution in [0.2, 0.25) is 0 Å². The van der Waals surface area contributed by atoms with Gasteiger partial charge in [0.05, 0.1) is 23.5 Å². The number of thioether (sulfide) groups is 1. The lowest BCUT2D eigenvalue weighted by molar-refractivity contribution is -0.0500. The second-order valence-corrected chi connectivity index (χ2v) is 12.3. The summed E-state index contributed by atoms with van der Waals surface area (Å²) in [5.41, 5.74) is -3.15. The van der Waals surface area contributed by atoms with Crippen molar-refractivity contribution in [1.29, 1.82) is 5.26 Å². The van der Waals surface area contributed by atoms with Crippen LogP contribution < -0.4 is 9.08 Å². The first kappa shape index (κ1) is 27.4. The van der Waals surface area contributed by atoms with Gasteiger partial charge in [-0.25, -0.2) is 9.50 Å². The summed E-state index contributed by atoms with van der Waals surface area (Å²) in [5.74, 6) is 0.158. The van der Waals surface area contributed by atoms with E-state index in [1.165, 1.54) is 16.7 Å². The first-order chi connectivity index (χ1) is 19.6. The summed E-state index contributed by atoms with van der Waals surface area (Å²) in [5, 5.41) is 13.5. The van der Waals surface area contributed by atoms with Crippen LogP contribution in [0.15, 0.2) is 66.0 Å². The summed E-state index contributed by atoms with van der Waals surface area (Å²) in [4.78, 5) is 10.6. The number of piperidine rings is 1. The number of benzene rings is 1. The van der Waals surface area contributed by atoms with Crippen LogP contribution in [0.25, 0.3) is 16.6 Å². The highest BCUT2D eigenvalue weighted by Gasteiger charge is 2.49. The first-order valence-electron chi connectivity index (χ1n) is 12.6. The molecule has 2 unspecified atom stereocenters. The molecule has 3 aliphatic heterocycles. The van der Waals surface area contributed by atoms with E-state index in [-0.39, 0.29) is 11.1 Å². The second-order valence-electron chi connectivity index (χ2n) is 9.91. The van der Waals surface area contributed by atoms with Crippen molar-refractivity contribution in [2.75, 3.05) is 24.2 Å². The van der Waals surface area contributed by atoms with E-state index in [0.29, 0.717) is 23.2 Å². The fourth-order valence-corrected chi connectivity index (χ4v) is 6.27. The van der Waals surface area contributed by atoms with Crippen LogP contribution in [0.1, 0.15) is 17.5 Å². The minimum absolute atomic E-state index is 0.161. The molecule has 9 nitrogen and oxygen atoms in total. The number of pyridine rings is 2. The van der Waals surface area contributed by atoms with E-state index < -0.39 is 21.4 Å². The topological polar surface area (TPSA) is 104 Å². The fraction of sp³-hybridized carbons (Fsp3) is 0.296. The van der Waals surface area contributed by atoms with Gasteiger partial charge in [-0.15, -0.1) is 11.8 Å². The van der Waals surface area contributed by atoms with E-state index in [1.807, 2.05) is 12.1 Å². The number of anilines is 1. The van der Waals surface area contributed by atoms with E-state index in [0.717, 1.165) is 48.7 Å². The van der Waals surface area contributed by atoms with Crippen molar-refractivity contribution < 1.29 is 25.8 Å². The van der Waals surface area contributed by atoms with Gasteiger partial charge in [-0.05, 0) is 48.6 Å². The number of nitriles is 1. The summed E-state index contributed by atoms with van der Waals surface area (Å²) in [6.45, 7) is 2.53. The molecule has 0 spiro atoms. The van der Waals surface area contributed by atoms with Gasteiger partial charge in [-0.3, -0.25) is 4.90 Å². The predicted molar refractivity (Wildman–Crippen MR) is 147 cm³/mol. The van der Waals surface area contributed by atoms with E-state index in [4.69, 9.17) is 0 Å². The van der Waals surface area contributed by atoms with Crippen LogP contribution >= 0.6 is 11.8 Å². The molecule has 0 aliphatic carbocycles. The number of alkyl halides is 3. The first-order valence-corrected chi connectivity index (χ1v) is 15.2. The van der Waals surface area contributed by atoms with Crippen molar-refractivity contribution >= 4 is 33.2 Å². The highest BCUT2D eigenvalue weighted by atomic mass is 32.2. The molecule has 1 aromatic carbocycles. The number of rotatable bonds is 7. The van der Waals surface area contributed by atoms with Gasteiger partial charge in [0.15, 0.2) is 5.75 Å². The fourth-order valence-electron chi connectivity index (χ4n) is 5.43. The molecule has 3 aromatic heterocycles. The highest BCUT2D eigenvalue weighted by Crippen LogP contribution is 2.37. The summed E-state index contributed by atoms with van der Waals surface area (Å²) in [6, 6.07) is 16.1. The molecule has 2 bridgehead atoms. The zero-order chi connectivity index (χ0) is 28.9. The van der Waals surface area contributed by atoms with Crippen molar-refractivity contribution in [1.82, 2.24) is 19.5 Å². The Morgan fingerprint density at radius 1 is 1.12 bits per heavy atom. The predicted octanol–water partition coefficient (Wildman–Crippen LogP) is 4.68. The zero-order valence-corrected chi connectivity index (χ0v) is 23.2. The van der Waals surface area contributed by atoms with Gasteiger partial charge in [-0.1, -0.05) is 12.1 Å². The minimum atomic E-state index is -5.90. The number of aromatic nitrogens is 3. The molecule has 3 aliphatic rings. The van der Waals surface area contributed by atoms with Gasteiger partial charge in [0.25, 0.3) is 0 Å². The van der Waals surface area contributed by atoms with Crippen LogP contribution in [0, 0.1) is 11.3 Å². The lowest BCUT2D eigenvalue weighted by Gasteiger charge is -2.56. The molecule has 0 saturated carbocycles. The van der Waals surface area contributed by atoms with Crippen LogP contribution in [0.4, 0.5) is 19.0 Å². The molecule has 3 fully saturated rings. The molecule has 41 heavy (non-hydrogen) atoms. The molecule has 4 aromatic rings.